The van der Waals surface area contributed by atoms with Crippen LogP contribution in [0, 0.1) is 0 Å². The summed E-state index contributed by atoms with van der Waals surface area (Å²) in [5, 5.41) is 34.7. The topological polar surface area (TPSA) is 158 Å². The molecule has 0 spiro atoms. The maximum atomic E-state index is 12.2. The van der Waals surface area contributed by atoms with E-state index < -0.39 is 43.0 Å². The summed E-state index contributed by atoms with van der Waals surface area (Å²) in [6.45, 7) is -0.446. The van der Waals surface area contributed by atoms with Crippen molar-refractivity contribution in [3.8, 4) is 0 Å². The van der Waals surface area contributed by atoms with Crippen LogP contribution in [0.2, 0.25) is 0 Å². The summed E-state index contributed by atoms with van der Waals surface area (Å²) in [5.74, 6) is -1.58. The minimum atomic E-state index is -1.35. The van der Waals surface area contributed by atoms with Crippen molar-refractivity contribution >= 4 is 11.7 Å². The lowest BCUT2D eigenvalue weighted by Crippen LogP contribution is -2.71. The third kappa shape index (κ3) is 2.38. The zero-order valence-corrected chi connectivity index (χ0v) is 12.7. The zero-order valence-electron chi connectivity index (χ0n) is 12.7. The Kier molecular flexibility index (Phi) is 3.78. The number of hydrogen-bond donors (Lipinski definition) is 6. The highest BCUT2D eigenvalue weighted by Gasteiger charge is 2.46. The van der Waals surface area contributed by atoms with Gasteiger partial charge in [-0.2, -0.15) is 0 Å². The number of carbonyl (C=O) groups is 1. The average molecular weight is 328 g/mol. The molecule has 1 fully saturated rings. The van der Waals surface area contributed by atoms with E-state index in [1.54, 1.807) is 19.0 Å². The average Bonchev–Trinajstić information content (AvgIpc) is 3.02. The zero-order chi connectivity index (χ0) is 16.9. The largest absolute Gasteiger partial charge is 0.394 e. The number of anilines is 1. The number of carbonyl (C=O) groups excluding carboxylic acids is 1. The van der Waals surface area contributed by atoms with Crippen LogP contribution in [-0.2, 0) is 4.74 Å². The number of aliphatic hydroxyl groups is 3. The number of aliphatic hydroxyl groups excluding tert-OH is 3. The number of ether oxygens (including phenoxy) is 1. The first kappa shape index (κ1) is 16.1. The Labute approximate surface area is 131 Å². The van der Waals surface area contributed by atoms with Gasteiger partial charge in [-0.15, -0.1) is 0 Å². The van der Waals surface area contributed by atoms with E-state index in [-0.39, 0.29) is 11.5 Å². The van der Waals surface area contributed by atoms with Gasteiger partial charge in [-0.05, 0) is 14.1 Å². The van der Waals surface area contributed by atoms with E-state index in [0.717, 1.165) is 0 Å². The second-order valence-electron chi connectivity index (χ2n) is 5.82. The minimum Gasteiger partial charge on any atom is -0.394 e. The lowest BCUT2D eigenvalue weighted by molar-refractivity contribution is -0.0522. The number of fused-ring (bicyclic) bond motifs is 1. The normalized spacial score (nSPS) is 36.7. The Morgan fingerprint density at radius 1 is 1.43 bits per heavy atom. The van der Waals surface area contributed by atoms with Gasteiger partial charge in [0, 0.05) is 0 Å². The van der Waals surface area contributed by atoms with Gasteiger partial charge >= 0.3 is 0 Å². The molecule has 0 aliphatic carbocycles. The van der Waals surface area contributed by atoms with E-state index in [4.69, 9.17) is 10.5 Å². The summed E-state index contributed by atoms with van der Waals surface area (Å²) >= 11 is 0. The Morgan fingerprint density at radius 3 is 2.70 bits per heavy atom. The molecule has 1 unspecified atom stereocenters. The lowest BCUT2D eigenvalue weighted by Gasteiger charge is -2.40. The van der Waals surface area contributed by atoms with Crippen molar-refractivity contribution in [2.24, 2.45) is 5.73 Å². The Morgan fingerprint density at radius 2 is 2.13 bits per heavy atom. The molecular weight excluding hydrogens is 308 g/mol. The first-order chi connectivity index (χ1) is 10.8. The van der Waals surface area contributed by atoms with E-state index >= 15 is 0 Å². The van der Waals surface area contributed by atoms with Crippen LogP contribution in [0.4, 0.5) is 5.82 Å². The van der Waals surface area contributed by atoms with Gasteiger partial charge in [0.1, 0.15) is 24.1 Å². The van der Waals surface area contributed by atoms with Gasteiger partial charge in [-0.25, -0.2) is 4.98 Å². The molecule has 1 amide bonds. The molecule has 0 radical (unpaired) electrons. The third-order valence-electron chi connectivity index (χ3n) is 4.12. The number of amides is 1. The van der Waals surface area contributed by atoms with Crippen LogP contribution in [-0.4, -0.2) is 80.6 Å². The molecule has 11 nitrogen and oxygen atoms in total. The van der Waals surface area contributed by atoms with Gasteiger partial charge < -0.3 is 30.7 Å². The molecule has 0 aromatic carbocycles. The van der Waals surface area contributed by atoms with Gasteiger partial charge in [-0.1, -0.05) is 0 Å². The molecule has 2 aliphatic heterocycles. The highest BCUT2D eigenvalue weighted by Crippen LogP contribution is 2.34. The molecule has 0 bridgehead atoms. The quantitative estimate of drug-likeness (QED) is 0.314. The molecule has 5 atom stereocenters. The maximum Gasteiger partial charge on any atom is 0.277 e. The number of nitrogens with two attached hydrogens (primary N) is 1. The van der Waals surface area contributed by atoms with Gasteiger partial charge in [0.05, 0.1) is 12.9 Å². The molecule has 3 rings (SSSR count). The predicted octanol–water partition coefficient (Wildman–Crippen LogP) is -3.22. The highest BCUT2D eigenvalue weighted by atomic mass is 16.6. The smallest absolute Gasteiger partial charge is 0.277 e. The van der Waals surface area contributed by atoms with Gasteiger partial charge in [0.25, 0.3) is 5.91 Å². The van der Waals surface area contributed by atoms with Crippen LogP contribution in [0.1, 0.15) is 16.7 Å². The molecule has 128 valence electrons. The lowest BCUT2D eigenvalue weighted by atomic mass is 10.1. The van der Waals surface area contributed by atoms with Crippen molar-refractivity contribution in [2.45, 2.75) is 30.5 Å². The van der Waals surface area contributed by atoms with Gasteiger partial charge in [0.2, 0.25) is 5.91 Å². The number of hydrogen-bond acceptors (Lipinski definition) is 9. The molecule has 1 aromatic heterocycles. The van der Waals surface area contributed by atoms with Crippen molar-refractivity contribution < 1.29 is 24.9 Å². The number of nitrogens with one attached hydrogen (secondary N) is 2. The van der Waals surface area contributed by atoms with Crippen LogP contribution in [0.5, 0.6) is 0 Å². The summed E-state index contributed by atoms with van der Waals surface area (Å²) in [6.07, 6.45) is -3.18. The number of aromatic nitrogens is 2. The molecule has 2 aliphatic rings. The molecule has 7 N–H and O–H groups in total. The first-order valence-corrected chi connectivity index (χ1v) is 7.04. The maximum absolute atomic E-state index is 12.2. The Bertz CT molecular complexity index is 621. The van der Waals surface area contributed by atoms with Crippen LogP contribution >= 0.6 is 0 Å². The second-order valence-corrected chi connectivity index (χ2v) is 5.82. The monoisotopic (exact) mass is 328 g/mol. The second kappa shape index (κ2) is 5.40. The van der Waals surface area contributed by atoms with E-state index in [1.165, 1.54) is 10.9 Å². The summed E-state index contributed by atoms with van der Waals surface area (Å²) < 4.78 is 6.83. The van der Waals surface area contributed by atoms with Crippen LogP contribution < -0.4 is 16.4 Å². The molecule has 0 saturated carbocycles. The highest BCUT2D eigenvalue weighted by molar-refractivity contribution is 5.99. The first-order valence-electron chi connectivity index (χ1n) is 7.04. The van der Waals surface area contributed by atoms with Crippen LogP contribution in [0.15, 0.2) is 6.33 Å². The summed E-state index contributed by atoms with van der Waals surface area (Å²) in [5.41, 5.74) is 6.19. The van der Waals surface area contributed by atoms with Crippen molar-refractivity contribution in [3.63, 3.8) is 0 Å². The Hall–Kier alpha value is -1.76. The SMILES string of the molecule is CN(C)C1(N)NC(=O)c2ncn([C@@H]3O[C@H](CO)[C@@H](O)[C@H]3O)c2N1. The summed E-state index contributed by atoms with van der Waals surface area (Å²) in [6, 6.07) is 0. The summed E-state index contributed by atoms with van der Waals surface area (Å²) in [7, 11) is 3.34. The number of rotatable bonds is 3. The minimum absolute atomic E-state index is 0.0886. The van der Waals surface area contributed by atoms with Gasteiger partial charge in [-0.3, -0.25) is 20.0 Å². The third-order valence-corrected chi connectivity index (χ3v) is 4.12. The van der Waals surface area contributed by atoms with E-state index in [1.807, 2.05) is 0 Å². The van der Waals surface area contributed by atoms with Crippen molar-refractivity contribution in [3.05, 3.63) is 12.0 Å². The fraction of sp³-hybridized carbons (Fsp3) is 0.667. The Balaban J connectivity index is 1.97. The van der Waals surface area contributed by atoms with Crippen LogP contribution in [0.3, 0.4) is 0 Å². The van der Waals surface area contributed by atoms with Crippen LogP contribution in [0.25, 0.3) is 0 Å². The van der Waals surface area contributed by atoms with E-state index in [9.17, 15) is 20.1 Å². The fourth-order valence-electron chi connectivity index (χ4n) is 2.62. The molecular formula is C12H20N6O5. The molecule has 3 heterocycles. The number of imidazole rings is 1. The van der Waals surface area contributed by atoms with Gasteiger partial charge in [0.15, 0.2) is 11.9 Å². The standard InChI is InChI=1S/C12H20N6O5/c1-17(2)12(13)15-9-6(10(22)16-12)14-4-18(9)11-8(21)7(20)5(3-19)23-11/h4-5,7-8,11,15,19-21H,3,13H2,1-2H3,(H,16,22)/t5-,7-,8-,11-,12?/m1/s1. The predicted molar refractivity (Wildman–Crippen MR) is 76.9 cm³/mol. The molecule has 11 heteroatoms. The van der Waals surface area contributed by atoms with Crippen molar-refractivity contribution in [2.75, 3.05) is 26.0 Å². The van der Waals surface area contributed by atoms with E-state index in [0.29, 0.717) is 0 Å². The summed E-state index contributed by atoms with van der Waals surface area (Å²) in [4.78, 5) is 17.7. The fourth-order valence-corrected chi connectivity index (χ4v) is 2.62. The van der Waals surface area contributed by atoms with Crippen molar-refractivity contribution in [1.82, 2.24) is 19.8 Å². The number of nitrogens with zero attached hydrogens (tertiary/aromatic N) is 3. The molecule has 1 saturated heterocycles. The molecule has 23 heavy (non-hydrogen) atoms. The van der Waals surface area contributed by atoms with Crippen molar-refractivity contribution in [1.29, 1.82) is 0 Å². The molecule has 1 aromatic rings. The van der Waals surface area contributed by atoms with E-state index in [2.05, 4.69) is 15.6 Å².